The van der Waals surface area contributed by atoms with Crippen molar-refractivity contribution in [2.24, 2.45) is 0 Å². The molecule has 9 nitrogen and oxygen atoms in total. The molecule has 11 heteroatoms. The van der Waals surface area contributed by atoms with Crippen LogP contribution in [-0.4, -0.2) is 77.6 Å². The van der Waals surface area contributed by atoms with Gasteiger partial charge in [0, 0.05) is 64.0 Å². The number of rotatable bonds is 5. The second-order valence-electron chi connectivity index (χ2n) is 8.99. The molecular formula is C24H28F2N8O. The summed E-state index contributed by atoms with van der Waals surface area (Å²) in [6, 6.07) is 4.11. The lowest BCUT2D eigenvalue weighted by molar-refractivity contribution is 0.173. The summed E-state index contributed by atoms with van der Waals surface area (Å²) in [4.78, 5) is 14.8. The van der Waals surface area contributed by atoms with Gasteiger partial charge in [-0.3, -0.25) is 4.90 Å². The molecule has 0 spiro atoms. The molecule has 1 saturated heterocycles. The second kappa shape index (κ2) is 9.14. The van der Waals surface area contributed by atoms with Gasteiger partial charge >= 0.3 is 0 Å². The maximum absolute atomic E-state index is 14.1. The Balaban J connectivity index is 1.25. The Labute approximate surface area is 202 Å². The van der Waals surface area contributed by atoms with Crippen LogP contribution in [0.2, 0.25) is 0 Å². The minimum absolute atomic E-state index is 0.0458. The minimum atomic E-state index is -0.651. The lowest BCUT2D eigenvalue weighted by atomic mass is 10.1. The summed E-state index contributed by atoms with van der Waals surface area (Å²) in [6.45, 7) is 5.30. The standard InChI is InChI=1S/C24H28F2N8O/c1-15-16(12-28-34(15)22-11-21(31(2)3)29-24(27)30-22)5-4-6-32-7-8-33-18(13-32)14-35-23-19(26)9-17(25)10-20(23)33/h4-5,9-12,18H,6-8,13-14H2,1-3H3,(H2,27,29,30)/b5-4+. The predicted octanol–water partition coefficient (Wildman–Crippen LogP) is 2.49. The quantitative estimate of drug-likeness (QED) is 0.594. The van der Waals surface area contributed by atoms with Crippen molar-refractivity contribution < 1.29 is 13.5 Å². The molecule has 0 aliphatic carbocycles. The number of hydrogen-bond acceptors (Lipinski definition) is 8. The summed E-state index contributed by atoms with van der Waals surface area (Å²) in [5.74, 6) is 0.416. The molecule has 3 aromatic rings. The van der Waals surface area contributed by atoms with Crippen molar-refractivity contribution in [1.29, 1.82) is 0 Å². The Morgan fingerprint density at radius 3 is 2.83 bits per heavy atom. The van der Waals surface area contributed by atoms with Crippen LogP contribution in [0.15, 0.2) is 30.5 Å². The molecule has 0 amide bonds. The predicted molar refractivity (Wildman–Crippen MR) is 131 cm³/mol. The molecule has 2 N–H and O–H groups in total. The van der Waals surface area contributed by atoms with E-state index in [4.69, 9.17) is 10.5 Å². The summed E-state index contributed by atoms with van der Waals surface area (Å²) in [7, 11) is 3.79. The number of nitrogen functional groups attached to an aromatic ring is 1. The summed E-state index contributed by atoms with van der Waals surface area (Å²) in [5, 5.41) is 4.49. The fraction of sp³-hybridized carbons (Fsp3) is 0.375. The Morgan fingerprint density at radius 2 is 2.03 bits per heavy atom. The second-order valence-corrected chi connectivity index (χ2v) is 8.99. The van der Waals surface area contributed by atoms with Gasteiger partial charge in [0.05, 0.1) is 23.6 Å². The van der Waals surface area contributed by atoms with Crippen molar-refractivity contribution in [3.05, 3.63) is 53.4 Å². The number of aromatic nitrogens is 4. The van der Waals surface area contributed by atoms with Crippen molar-refractivity contribution in [3.63, 3.8) is 0 Å². The van der Waals surface area contributed by atoms with Crippen molar-refractivity contribution in [1.82, 2.24) is 24.6 Å². The zero-order valence-electron chi connectivity index (χ0n) is 19.9. The van der Waals surface area contributed by atoms with E-state index in [2.05, 4.69) is 30.9 Å². The Morgan fingerprint density at radius 1 is 1.20 bits per heavy atom. The first kappa shape index (κ1) is 23.0. The molecule has 35 heavy (non-hydrogen) atoms. The lowest BCUT2D eigenvalue weighted by Crippen LogP contribution is -2.57. The van der Waals surface area contributed by atoms with Crippen LogP contribution < -0.4 is 20.3 Å². The smallest absolute Gasteiger partial charge is 0.224 e. The molecule has 0 saturated carbocycles. The molecule has 2 aliphatic rings. The van der Waals surface area contributed by atoms with Gasteiger partial charge in [-0.2, -0.15) is 15.1 Å². The normalized spacial score (nSPS) is 17.9. The van der Waals surface area contributed by atoms with Crippen LogP contribution in [0.5, 0.6) is 5.75 Å². The Bertz CT molecular complexity index is 1270. The van der Waals surface area contributed by atoms with Gasteiger partial charge in [0.15, 0.2) is 17.4 Å². The third kappa shape index (κ3) is 4.51. The highest BCUT2D eigenvalue weighted by molar-refractivity contribution is 5.62. The molecule has 2 aromatic heterocycles. The van der Waals surface area contributed by atoms with E-state index in [-0.39, 0.29) is 17.7 Å². The van der Waals surface area contributed by atoms with Gasteiger partial charge in [-0.25, -0.2) is 13.5 Å². The van der Waals surface area contributed by atoms with Crippen LogP contribution in [0.25, 0.3) is 11.9 Å². The Kier molecular flexibility index (Phi) is 6.01. The number of nitrogens with two attached hydrogens (primary N) is 1. The fourth-order valence-electron chi connectivity index (χ4n) is 4.55. The number of fused-ring (bicyclic) bond motifs is 3. The number of ether oxygens (including phenoxy) is 1. The number of anilines is 3. The van der Waals surface area contributed by atoms with E-state index >= 15 is 0 Å². The van der Waals surface area contributed by atoms with Crippen LogP contribution in [0.1, 0.15) is 11.3 Å². The Hall–Kier alpha value is -3.73. The first-order valence-corrected chi connectivity index (χ1v) is 11.4. The van der Waals surface area contributed by atoms with Gasteiger partial charge in [0.25, 0.3) is 0 Å². The zero-order chi connectivity index (χ0) is 24.7. The average Bonchev–Trinajstić information content (AvgIpc) is 3.18. The molecule has 5 rings (SSSR count). The van der Waals surface area contributed by atoms with E-state index in [1.165, 1.54) is 6.07 Å². The largest absolute Gasteiger partial charge is 0.486 e. The van der Waals surface area contributed by atoms with Gasteiger partial charge in [-0.15, -0.1) is 0 Å². The number of benzene rings is 1. The minimum Gasteiger partial charge on any atom is -0.486 e. The first-order valence-electron chi connectivity index (χ1n) is 11.4. The number of piperazine rings is 1. The van der Waals surface area contributed by atoms with Gasteiger partial charge in [-0.05, 0) is 6.92 Å². The third-order valence-corrected chi connectivity index (χ3v) is 6.39. The van der Waals surface area contributed by atoms with Gasteiger partial charge in [0.1, 0.15) is 18.2 Å². The van der Waals surface area contributed by atoms with E-state index in [1.807, 2.05) is 38.1 Å². The highest BCUT2D eigenvalue weighted by Crippen LogP contribution is 2.38. The highest BCUT2D eigenvalue weighted by Gasteiger charge is 2.34. The summed E-state index contributed by atoms with van der Waals surface area (Å²) >= 11 is 0. The number of hydrogen-bond donors (Lipinski definition) is 1. The molecule has 1 aromatic carbocycles. The van der Waals surface area contributed by atoms with E-state index in [1.54, 1.807) is 10.9 Å². The molecule has 1 unspecified atom stereocenters. The fourth-order valence-corrected chi connectivity index (χ4v) is 4.55. The molecule has 4 heterocycles. The number of halogens is 2. The number of nitrogens with zero attached hydrogens (tertiary/aromatic N) is 7. The van der Waals surface area contributed by atoms with Crippen molar-refractivity contribution in [2.75, 3.05) is 62.4 Å². The van der Waals surface area contributed by atoms with E-state index in [0.29, 0.717) is 30.5 Å². The maximum atomic E-state index is 14.1. The summed E-state index contributed by atoms with van der Waals surface area (Å²) in [5.41, 5.74) is 8.30. The van der Waals surface area contributed by atoms with Gasteiger partial charge in [0.2, 0.25) is 5.95 Å². The molecule has 184 valence electrons. The molecule has 2 aliphatic heterocycles. The SMILES string of the molecule is Cc1c(/C=C/CN2CCN3c4cc(F)cc(F)c4OCC3C2)cnn1-c1cc(N(C)C)nc(N)n1. The molecule has 1 atom stereocenters. The van der Waals surface area contributed by atoms with Crippen molar-refractivity contribution in [2.45, 2.75) is 13.0 Å². The molecular weight excluding hydrogens is 454 g/mol. The molecule has 0 bridgehead atoms. The van der Waals surface area contributed by atoms with Gasteiger partial charge in [-0.1, -0.05) is 12.2 Å². The summed E-state index contributed by atoms with van der Waals surface area (Å²) in [6.07, 6.45) is 5.94. The van der Waals surface area contributed by atoms with Crippen molar-refractivity contribution in [3.8, 4) is 11.6 Å². The van der Waals surface area contributed by atoms with E-state index in [9.17, 15) is 8.78 Å². The third-order valence-electron chi connectivity index (χ3n) is 6.39. The molecule has 0 radical (unpaired) electrons. The van der Waals surface area contributed by atoms with Crippen LogP contribution in [0, 0.1) is 18.6 Å². The van der Waals surface area contributed by atoms with Crippen LogP contribution in [0.3, 0.4) is 0 Å². The van der Waals surface area contributed by atoms with Crippen molar-refractivity contribution >= 4 is 23.5 Å². The first-order chi connectivity index (χ1) is 16.8. The molecule has 1 fully saturated rings. The van der Waals surface area contributed by atoms with E-state index < -0.39 is 11.6 Å². The summed E-state index contributed by atoms with van der Waals surface area (Å²) < 4.78 is 35.2. The maximum Gasteiger partial charge on any atom is 0.224 e. The lowest BCUT2D eigenvalue weighted by Gasteiger charge is -2.45. The zero-order valence-corrected chi connectivity index (χ0v) is 19.9. The van der Waals surface area contributed by atoms with E-state index in [0.717, 1.165) is 37.0 Å². The monoisotopic (exact) mass is 482 g/mol. The van der Waals surface area contributed by atoms with Crippen LogP contribution in [-0.2, 0) is 0 Å². The topological polar surface area (TPSA) is 88.6 Å². The van der Waals surface area contributed by atoms with Crippen LogP contribution in [0.4, 0.5) is 26.2 Å². The average molecular weight is 483 g/mol. The van der Waals surface area contributed by atoms with Gasteiger partial charge < -0.3 is 20.3 Å². The van der Waals surface area contributed by atoms with Crippen LogP contribution >= 0.6 is 0 Å². The highest BCUT2D eigenvalue weighted by atomic mass is 19.1.